The lowest BCUT2D eigenvalue weighted by Gasteiger charge is -2.00. The van der Waals surface area contributed by atoms with Crippen molar-refractivity contribution in [2.75, 3.05) is 5.32 Å². The predicted octanol–water partition coefficient (Wildman–Crippen LogP) is 2.22. The summed E-state index contributed by atoms with van der Waals surface area (Å²) in [5.41, 5.74) is 0.548. The van der Waals surface area contributed by atoms with E-state index >= 15 is 0 Å². The average molecular weight is 410 g/mol. The van der Waals surface area contributed by atoms with Crippen LogP contribution in [0.2, 0.25) is 0 Å². The Hall–Kier alpha value is -0.790. The largest absolute Gasteiger partial charge is 0.296 e. The van der Waals surface area contributed by atoms with Crippen LogP contribution in [0.5, 0.6) is 0 Å². The van der Waals surface area contributed by atoms with E-state index in [1.165, 1.54) is 0 Å². The number of rotatable bonds is 5. The molecule has 0 aliphatic rings. The van der Waals surface area contributed by atoms with Gasteiger partial charge in [-0.1, -0.05) is 11.3 Å². The third-order valence-electron chi connectivity index (χ3n) is 1.88. The number of carbonyl (C=O) groups excluding carboxylic acids is 1. The molecule has 10 heteroatoms. The van der Waals surface area contributed by atoms with E-state index in [1.807, 2.05) is 12.1 Å². The first-order chi connectivity index (χ1) is 9.19. The number of nitrogens with two attached hydrogens (primary N) is 1. The van der Waals surface area contributed by atoms with Crippen LogP contribution < -0.4 is 11.2 Å². The molecule has 1 aromatic heterocycles. The van der Waals surface area contributed by atoms with Crippen LogP contribution in [0.25, 0.3) is 0 Å². The predicted molar refractivity (Wildman–Crippen MR) is 79.2 cm³/mol. The highest BCUT2D eigenvalue weighted by Gasteiger charge is 2.11. The number of hydrogen-bond acceptors (Lipinski definition) is 8. The molecular formula is C9H7IN4O3S2. The quantitative estimate of drug-likeness (QED) is 0.256. The van der Waals surface area contributed by atoms with Gasteiger partial charge in [0.1, 0.15) is 12.0 Å². The number of benzene rings is 1. The number of hydrogen-bond donors (Lipinski definition) is 2. The molecule has 0 radical (unpaired) electrons. The zero-order valence-electron chi connectivity index (χ0n) is 9.20. The molecule has 0 atom stereocenters. The summed E-state index contributed by atoms with van der Waals surface area (Å²) in [6.07, 6.45) is 0. The van der Waals surface area contributed by atoms with Crippen molar-refractivity contribution < 1.29 is 14.1 Å². The van der Waals surface area contributed by atoms with Crippen LogP contribution in [0.3, 0.4) is 0 Å². The maximum Gasteiger partial charge on any atom is 0.257 e. The van der Waals surface area contributed by atoms with Crippen LogP contribution in [-0.4, -0.2) is 16.1 Å². The van der Waals surface area contributed by atoms with Crippen LogP contribution in [0.1, 0.15) is 10.4 Å². The van der Waals surface area contributed by atoms with Gasteiger partial charge in [0.2, 0.25) is 9.47 Å². The van der Waals surface area contributed by atoms with E-state index in [0.717, 1.165) is 26.9 Å². The zero-order chi connectivity index (χ0) is 13.7. The lowest BCUT2D eigenvalue weighted by atomic mass is 10.2. The van der Waals surface area contributed by atoms with Crippen LogP contribution in [0, 0.1) is 3.57 Å². The second-order valence-corrected chi connectivity index (χ2v) is 6.25. The van der Waals surface area contributed by atoms with Crippen LogP contribution >= 0.6 is 46.0 Å². The molecule has 0 saturated carbocycles. The van der Waals surface area contributed by atoms with Gasteiger partial charge in [0, 0.05) is 9.13 Å². The average Bonchev–Trinajstić information content (AvgIpc) is 2.84. The molecule has 1 heterocycles. The Morgan fingerprint density at radius 2 is 2.11 bits per heavy atom. The Morgan fingerprint density at radius 3 is 2.79 bits per heavy atom. The van der Waals surface area contributed by atoms with Gasteiger partial charge in [0.25, 0.3) is 5.91 Å². The van der Waals surface area contributed by atoms with E-state index in [4.69, 9.17) is 5.90 Å². The maximum absolute atomic E-state index is 11.9. The molecule has 0 aliphatic heterocycles. The standard InChI is InChI=1S/C9H7IN4O3S2/c10-6-3-1-5(2-4-6)7(15)12-8-13-14-9(18-8)19-17-16-11/h1-4H,11H2,(H,12,13,15). The second-order valence-electron chi connectivity index (χ2n) is 3.08. The molecule has 100 valence electrons. The first-order valence-corrected chi connectivity index (χ1v) is 7.43. The van der Waals surface area contributed by atoms with Gasteiger partial charge < -0.3 is 0 Å². The first kappa shape index (κ1) is 14.6. The molecule has 1 amide bonds. The Kier molecular flexibility index (Phi) is 5.47. The van der Waals surface area contributed by atoms with Crippen molar-refractivity contribution in [3.8, 4) is 0 Å². The molecule has 19 heavy (non-hydrogen) atoms. The van der Waals surface area contributed by atoms with Gasteiger partial charge in [-0.25, -0.2) is 0 Å². The van der Waals surface area contributed by atoms with Crippen molar-refractivity contribution in [2.45, 2.75) is 4.34 Å². The summed E-state index contributed by atoms with van der Waals surface area (Å²) in [7, 11) is 0. The monoisotopic (exact) mass is 410 g/mol. The normalized spacial score (nSPS) is 10.4. The molecule has 0 fully saturated rings. The lowest BCUT2D eigenvalue weighted by Crippen LogP contribution is -2.11. The third kappa shape index (κ3) is 4.36. The van der Waals surface area contributed by atoms with Gasteiger partial charge in [0.05, 0.1) is 0 Å². The molecular weight excluding hydrogens is 403 g/mol. The Morgan fingerprint density at radius 1 is 1.37 bits per heavy atom. The summed E-state index contributed by atoms with van der Waals surface area (Å²) in [4.78, 5) is 15.8. The molecule has 0 spiro atoms. The SMILES string of the molecule is NOOSc1nnc(NC(=O)c2ccc(I)cc2)s1. The minimum absolute atomic E-state index is 0.250. The summed E-state index contributed by atoms with van der Waals surface area (Å²) in [5, 5.41) is 10.6. The number of carbonyl (C=O) groups is 1. The topological polar surface area (TPSA) is 99.4 Å². The van der Waals surface area contributed by atoms with E-state index in [0.29, 0.717) is 15.0 Å². The highest BCUT2D eigenvalue weighted by atomic mass is 127. The van der Waals surface area contributed by atoms with Crippen LogP contribution in [0.4, 0.5) is 5.13 Å². The molecule has 2 aromatic rings. The molecule has 1 aromatic carbocycles. The van der Waals surface area contributed by atoms with Crippen molar-refractivity contribution in [3.05, 3.63) is 33.4 Å². The Balaban J connectivity index is 1.98. The summed E-state index contributed by atoms with van der Waals surface area (Å²) in [6.45, 7) is 0. The number of anilines is 1. The van der Waals surface area contributed by atoms with Crippen LogP contribution in [-0.2, 0) is 9.32 Å². The molecule has 7 nitrogen and oxygen atoms in total. The van der Waals surface area contributed by atoms with Gasteiger partial charge in [0.15, 0.2) is 0 Å². The molecule has 2 rings (SSSR count). The van der Waals surface area contributed by atoms with Crippen molar-refractivity contribution in [3.63, 3.8) is 0 Å². The van der Waals surface area contributed by atoms with E-state index in [9.17, 15) is 4.79 Å². The zero-order valence-corrected chi connectivity index (χ0v) is 13.0. The summed E-state index contributed by atoms with van der Waals surface area (Å²) >= 11 is 4.13. The molecule has 0 aliphatic carbocycles. The van der Waals surface area contributed by atoms with Gasteiger partial charge in [-0.3, -0.25) is 10.1 Å². The Bertz CT molecular complexity index is 563. The van der Waals surface area contributed by atoms with Crippen LogP contribution in [0.15, 0.2) is 28.6 Å². The van der Waals surface area contributed by atoms with Gasteiger partial charge in [-0.05, 0) is 46.9 Å². The third-order valence-corrected chi connectivity index (χ3v) is 4.06. The second kappa shape index (κ2) is 7.12. The fraction of sp³-hybridized carbons (Fsp3) is 0. The molecule has 0 unspecified atom stereocenters. The molecule has 3 N–H and O–H groups in total. The van der Waals surface area contributed by atoms with E-state index < -0.39 is 0 Å². The van der Waals surface area contributed by atoms with Crippen molar-refractivity contribution in [1.82, 2.24) is 10.2 Å². The van der Waals surface area contributed by atoms with Gasteiger partial charge in [-0.2, -0.15) is 5.90 Å². The van der Waals surface area contributed by atoms with E-state index in [1.54, 1.807) is 12.1 Å². The highest BCUT2D eigenvalue weighted by Crippen LogP contribution is 2.26. The smallest absolute Gasteiger partial charge is 0.257 e. The number of aromatic nitrogens is 2. The van der Waals surface area contributed by atoms with E-state index in [2.05, 4.69) is 47.4 Å². The highest BCUT2D eigenvalue weighted by molar-refractivity contribution is 14.1. The number of amides is 1. The van der Waals surface area contributed by atoms with E-state index in [-0.39, 0.29) is 5.91 Å². The number of nitrogens with one attached hydrogen (secondary N) is 1. The molecule has 0 bridgehead atoms. The van der Waals surface area contributed by atoms with Gasteiger partial charge in [-0.15, -0.1) is 19.5 Å². The van der Waals surface area contributed by atoms with Crippen molar-refractivity contribution >= 4 is 57.0 Å². The Labute approximate surface area is 130 Å². The summed E-state index contributed by atoms with van der Waals surface area (Å²) in [6, 6.07) is 7.17. The summed E-state index contributed by atoms with van der Waals surface area (Å²) in [5.74, 6) is 4.45. The number of halogens is 1. The number of nitrogens with zero attached hydrogens (tertiary/aromatic N) is 2. The summed E-state index contributed by atoms with van der Waals surface area (Å²) < 4.78 is 5.94. The fourth-order valence-corrected chi connectivity index (χ4v) is 2.57. The lowest BCUT2D eigenvalue weighted by molar-refractivity contribution is -0.195. The van der Waals surface area contributed by atoms with Crippen molar-refractivity contribution in [1.29, 1.82) is 0 Å². The maximum atomic E-state index is 11.9. The van der Waals surface area contributed by atoms with Gasteiger partial charge >= 0.3 is 0 Å². The minimum atomic E-state index is -0.250. The molecule has 0 saturated heterocycles. The minimum Gasteiger partial charge on any atom is -0.296 e. The first-order valence-electron chi connectivity index (χ1n) is 4.79. The van der Waals surface area contributed by atoms with Crippen molar-refractivity contribution in [2.24, 2.45) is 5.90 Å². The fourth-order valence-electron chi connectivity index (χ4n) is 1.11.